The largest absolute Gasteiger partial charge is 0.313 e. The molecular weight excluding hydrogens is 259 g/mol. The lowest BCUT2D eigenvalue weighted by atomic mass is 10.2. The molecule has 0 atom stereocenters. The van der Waals surface area contributed by atoms with Crippen molar-refractivity contribution in [3.05, 3.63) is 34.1 Å². The van der Waals surface area contributed by atoms with Crippen LogP contribution in [0.1, 0.15) is 18.4 Å². The fourth-order valence-corrected chi connectivity index (χ4v) is 1.58. The Morgan fingerprint density at radius 3 is 3.00 bits per heavy atom. The average Bonchev–Trinajstić information content (AvgIpc) is 2.23. The molecule has 0 aliphatic carbocycles. The van der Waals surface area contributed by atoms with Gasteiger partial charge in [-0.15, -0.1) is 0 Å². The van der Waals surface area contributed by atoms with Crippen LogP contribution in [0.15, 0.2) is 22.7 Å². The smallest absolute Gasteiger partial charge is 0.123 e. The lowest BCUT2D eigenvalue weighted by Crippen LogP contribution is -2.14. The van der Waals surface area contributed by atoms with Crippen LogP contribution < -0.4 is 5.32 Å². The lowest BCUT2D eigenvalue weighted by Gasteiger charge is -2.05. The number of hydrogen-bond acceptors (Lipinski definition) is 2. The molecule has 0 saturated carbocycles. The molecule has 0 fully saturated rings. The first-order valence-electron chi connectivity index (χ1n) is 4.75. The Labute approximate surface area is 97.2 Å². The van der Waals surface area contributed by atoms with Gasteiger partial charge in [0.25, 0.3) is 0 Å². The van der Waals surface area contributed by atoms with Gasteiger partial charge in [-0.1, -0.05) is 15.9 Å². The highest BCUT2D eigenvalue weighted by Crippen LogP contribution is 2.17. The Kier molecular flexibility index (Phi) is 5.30. The van der Waals surface area contributed by atoms with E-state index in [-0.39, 0.29) is 5.82 Å². The molecule has 0 heterocycles. The molecule has 0 saturated heterocycles. The van der Waals surface area contributed by atoms with Gasteiger partial charge < -0.3 is 5.32 Å². The minimum Gasteiger partial charge on any atom is -0.313 e. The first-order valence-corrected chi connectivity index (χ1v) is 5.55. The van der Waals surface area contributed by atoms with Crippen molar-refractivity contribution < 1.29 is 4.39 Å². The molecule has 0 radical (unpaired) electrons. The maximum atomic E-state index is 12.9. The zero-order chi connectivity index (χ0) is 11.1. The summed E-state index contributed by atoms with van der Waals surface area (Å²) in [5.41, 5.74) is 0.895. The number of benzene rings is 1. The van der Waals surface area contributed by atoms with Gasteiger partial charge in [0.1, 0.15) is 5.82 Å². The zero-order valence-corrected chi connectivity index (χ0v) is 9.85. The van der Waals surface area contributed by atoms with Crippen molar-refractivity contribution in [2.45, 2.75) is 19.4 Å². The molecule has 0 aliphatic rings. The summed E-state index contributed by atoms with van der Waals surface area (Å²) < 4.78 is 13.8. The molecular formula is C11H12BrFN2. The van der Waals surface area contributed by atoms with Crippen molar-refractivity contribution >= 4 is 15.9 Å². The Bertz CT molecular complexity index is 360. The van der Waals surface area contributed by atoms with E-state index >= 15 is 0 Å². The number of halogens is 2. The topological polar surface area (TPSA) is 35.8 Å². The summed E-state index contributed by atoms with van der Waals surface area (Å²) in [5, 5.41) is 11.5. The van der Waals surface area contributed by atoms with Crippen molar-refractivity contribution in [2.75, 3.05) is 6.54 Å². The van der Waals surface area contributed by atoms with E-state index in [1.165, 1.54) is 12.1 Å². The van der Waals surface area contributed by atoms with Crippen molar-refractivity contribution in [2.24, 2.45) is 0 Å². The zero-order valence-electron chi connectivity index (χ0n) is 8.26. The van der Waals surface area contributed by atoms with Crippen LogP contribution in [0.2, 0.25) is 0 Å². The molecule has 15 heavy (non-hydrogen) atoms. The highest BCUT2D eigenvalue weighted by atomic mass is 79.9. The molecule has 0 aliphatic heterocycles. The molecule has 4 heteroatoms. The molecule has 0 amide bonds. The molecule has 0 bridgehead atoms. The molecule has 1 rings (SSSR count). The van der Waals surface area contributed by atoms with Gasteiger partial charge in [0.05, 0.1) is 6.07 Å². The Morgan fingerprint density at radius 2 is 2.27 bits per heavy atom. The number of hydrogen-bond donors (Lipinski definition) is 1. The molecule has 0 aromatic heterocycles. The summed E-state index contributed by atoms with van der Waals surface area (Å²) in [6.45, 7) is 1.39. The highest BCUT2D eigenvalue weighted by molar-refractivity contribution is 9.10. The molecule has 80 valence electrons. The van der Waals surface area contributed by atoms with Crippen molar-refractivity contribution in [1.29, 1.82) is 5.26 Å². The number of nitrogens with zero attached hydrogens (tertiary/aromatic N) is 1. The van der Waals surface area contributed by atoms with Gasteiger partial charge >= 0.3 is 0 Å². The summed E-state index contributed by atoms with van der Waals surface area (Å²) in [4.78, 5) is 0. The normalized spacial score (nSPS) is 9.93. The van der Waals surface area contributed by atoms with Gasteiger partial charge in [-0.05, 0) is 36.7 Å². The number of rotatable bonds is 5. The molecule has 2 nitrogen and oxygen atoms in total. The third-order valence-electron chi connectivity index (χ3n) is 1.97. The second kappa shape index (κ2) is 6.54. The Hall–Kier alpha value is -0.920. The van der Waals surface area contributed by atoms with Crippen LogP contribution in [-0.4, -0.2) is 6.54 Å². The van der Waals surface area contributed by atoms with E-state index in [4.69, 9.17) is 5.26 Å². The average molecular weight is 271 g/mol. The third kappa shape index (κ3) is 4.41. The van der Waals surface area contributed by atoms with Crippen LogP contribution >= 0.6 is 15.9 Å². The fraction of sp³-hybridized carbons (Fsp3) is 0.364. The molecule has 0 unspecified atom stereocenters. The van der Waals surface area contributed by atoms with Crippen LogP contribution in [0.3, 0.4) is 0 Å². The predicted molar refractivity (Wildman–Crippen MR) is 60.7 cm³/mol. The maximum Gasteiger partial charge on any atom is 0.123 e. The maximum absolute atomic E-state index is 12.9. The summed E-state index contributed by atoms with van der Waals surface area (Å²) in [7, 11) is 0. The van der Waals surface area contributed by atoms with Gasteiger partial charge in [-0.2, -0.15) is 5.26 Å². The number of unbranched alkanes of at least 4 members (excludes halogenated alkanes) is 1. The van der Waals surface area contributed by atoms with Crippen LogP contribution in [0.5, 0.6) is 0 Å². The van der Waals surface area contributed by atoms with Crippen LogP contribution in [-0.2, 0) is 6.54 Å². The Balaban J connectivity index is 2.37. The van der Waals surface area contributed by atoms with Gasteiger partial charge in [-0.3, -0.25) is 0 Å². The van der Waals surface area contributed by atoms with Gasteiger partial charge in [0, 0.05) is 17.4 Å². The van der Waals surface area contributed by atoms with E-state index in [1.54, 1.807) is 6.07 Å². The van der Waals surface area contributed by atoms with Crippen LogP contribution in [0.4, 0.5) is 4.39 Å². The van der Waals surface area contributed by atoms with E-state index in [2.05, 4.69) is 27.3 Å². The van der Waals surface area contributed by atoms with Crippen LogP contribution in [0.25, 0.3) is 0 Å². The summed E-state index contributed by atoms with van der Waals surface area (Å²) in [5.74, 6) is -0.230. The monoisotopic (exact) mass is 270 g/mol. The first kappa shape index (κ1) is 12.2. The third-order valence-corrected chi connectivity index (χ3v) is 2.74. The minimum absolute atomic E-state index is 0.230. The molecule has 1 N–H and O–H groups in total. The van der Waals surface area contributed by atoms with Crippen molar-refractivity contribution in [3.8, 4) is 6.07 Å². The van der Waals surface area contributed by atoms with E-state index in [0.717, 1.165) is 23.0 Å². The summed E-state index contributed by atoms with van der Waals surface area (Å²) in [6, 6.07) is 6.69. The SMILES string of the molecule is N#CCCCNCc1cc(F)ccc1Br. The van der Waals surface area contributed by atoms with E-state index in [9.17, 15) is 4.39 Å². The predicted octanol–water partition coefficient (Wildman–Crippen LogP) is 2.98. The van der Waals surface area contributed by atoms with Gasteiger partial charge in [-0.25, -0.2) is 4.39 Å². The molecule has 1 aromatic carbocycles. The van der Waals surface area contributed by atoms with E-state index in [1.807, 2.05) is 0 Å². The van der Waals surface area contributed by atoms with Crippen molar-refractivity contribution in [1.82, 2.24) is 5.32 Å². The summed E-state index contributed by atoms with van der Waals surface area (Å²) >= 11 is 3.35. The molecule has 1 aromatic rings. The van der Waals surface area contributed by atoms with Crippen molar-refractivity contribution in [3.63, 3.8) is 0 Å². The van der Waals surface area contributed by atoms with Crippen LogP contribution in [0, 0.1) is 17.1 Å². The quantitative estimate of drug-likeness (QED) is 0.836. The Morgan fingerprint density at radius 1 is 1.47 bits per heavy atom. The standard InChI is InChI=1S/C11H12BrFN2/c12-11-4-3-10(13)7-9(11)8-15-6-2-1-5-14/h3-4,7,15H,1-2,6,8H2. The first-order chi connectivity index (χ1) is 7.24. The van der Waals surface area contributed by atoms with Gasteiger partial charge in [0.2, 0.25) is 0 Å². The second-order valence-corrected chi connectivity index (χ2v) is 4.03. The lowest BCUT2D eigenvalue weighted by molar-refractivity contribution is 0.616. The summed E-state index contributed by atoms with van der Waals surface area (Å²) in [6.07, 6.45) is 1.38. The number of nitrogens with one attached hydrogen (secondary N) is 1. The fourth-order valence-electron chi connectivity index (χ4n) is 1.19. The number of nitriles is 1. The highest BCUT2D eigenvalue weighted by Gasteiger charge is 2.00. The van der Waals surface area contributed by atoms with E-state index < -0.39 is 0 Å². The minimum atomic E-state index is -0.230. The van der Waals surface area contributed by atoms with Gasteiger partial charge in [0.15, 0.2) is 0 Å². The second-order valence-electron chi connectivity index (χ2n) is 3.17. The molecule has 0 spiro atoms. The van der Waals surface area contributed by atoms with E-state index in [0.29, 0.717) is 13.0 Å².